The lowest BCUT2D eigenvalue weighted by Gasteiger charge is -2.26. The number of carbonyl (C=O) groups excluding carboxylic acids is 1. The lowest BCUT2D eigenvalue weighted by atomic mass is 9.96. The van der Waals surface area contributed by atoms with Gasteiger partial charge in [-0.3, -0.25) is 4.79 Å². The maximum Gasteiger partial charge on any atom is 0.247 e. The van der Waals surface area contributed by atoms with Gasteiger partial charge in [-0.15, -0.1) is 11.3 Å². The summed E-state index contributed by atoms with van der Waals surface area (Å²) in [5, 5.41) is 5.03. The van der Waals surface area contributed by atoms with Crippen molar-refractivity contribution >= 4 is 27.3 Å². The Kier molecular flexibility index (Phi) is 4.76. The molecule has 0 aliphatic rings. The molecule has 0 aromatic carbocycles. The molecule has 108 valence electrons. The zero-order chi connectivity index (χ0) is 14.8. The summed E-state index contributed by atoms with van der Waals surface area (Å²) in [6, 6.07) is 3.07. The number of likely N-dealkylation sites (N-methyl/N-ethyl adjacent to an activating group) is 1. The molecule has 1 aromatic rings. The van der Waals surface area contributed by atoms with Crippen molar-refractivity contribution < 1.29 is 13.2 Å². The largest absolute Gasteiger partial charge is 0.345 e. The first-order valence-corrected chi connectivity index (χ1v) is 8.21. The van der Waals surface area contributed by atoms with Crippen molar-refractivity contribution in [3.63, 3.8) is 0 Å². The first-order valence-electron chi connectivity index (χ1n) is 5.84. The Bertz CT molecular complexity index is 556. The second kappa shape index (κ2) is 5.60. The van der Waals surface area contributed by atoms with Gasteiger partial charge < -0.3 is 4.90 Å². The van der Waals surface area contributed by atoms with Crippen LogP contribution in [0.5, 0.6) is 0 Å². The highest BCUT2D eigenvalue weighted by Gasteiger charge is 2.19. The third-order valence-electron chi connectivity index (χ3n) is 2.38. The van der Waals surface area contributed by atoms with Crippen LogP contribution in [0.3, 0.4) is 0 Å². The summed E-state index contributed by atoms with van der Waals surface area (Å²) >= 11 is 1.04. The molecule has 1 heterocycles. The van der Waals surface area contributed by atoms with Crippen molar-refractivity contribution in [2.24, 2.45) is 10.6 Å². The molecule has 1 aromatic heterocycles. The molecule has 0 fully saturated rings. The molecule has 0 bridgehead atoms. The number of nitrogens with two attached hydrogens (primary N) is 1. The molecule has 7 heteroatoms. The van der Waals surface area contributed by atoms with Crippen LogP contribution in [0, 0.1) is 5.41 Å². The van der Waals surface area contributed by atoms with Gasteiger partial charge in [-0.1, -0.05) is 20.8 Å². The van der Waals surface area contributed by atoms with Crippen LogP contribution < -0.4 is 5.14 Å². The van der Waals surface area contributed by atoms with Gasteiger partial charge >= 0.3 is 0 Å². The average Bonchev–Trinajstić information content (AvgIpc) is 2.62. The summed E-state index contributed by atoms with van der Waals surface area (Å²) in [6.07, 6.45) is 0.201. The minimum atomic E-state index is -3.67. The molecule has 0 saturated carbocycles. The van der Waals surface area contributed by atoms with Gasteiger partial charge in [0.2, 0.25) is 15.9 Å². The molecule has 0 aliphatic carbocycles. The van der Waals surface area contributed by atoms with E-state index < -0.39 is 10.0 Å². The first kappa shape index (κ1) is 16.1. The van der Waals surface area contributed by atoms with E-state index in [1.54, 1.807) is 18.0 Å². The van der Waals surface area contributed by atoms with E-state index in [4.69, 9.17) is 5.14 Å². The average molecular weight is 304 g/mol. The van der Waals surface area contributed by atoms with Crippen LogP contribution in [0.1, 0.15) is 25.6 Å². The fraction of sp³-hybridized carbons (Fsp3) is 0.583. The van der Waals surface area contributed by atoms with E-state index in [1.165, 1.54) is 6.07 Å². The second-order valence-electron chi connectivity index (χ2n) is 5.75. The number of amides is 1. The fourth-order valence-electron chi connectivity index (χ4n) is 1.69. The third-order valence-corrected chi connectivity index (χ3v) is 4.90. The highest BCUT2D eigenvalue weighted by Crippen LogP contribution is 2.21. The quantitative estimate of drug-likeness (QED) is 0.914. The van der Waals surface area contributed by atoms with Crippen molar-refractivity contribution in [3.8, 4) is 0 Å². The number of hydrogen-bond acceptors (Lipinski definition) is 4. The van der Waals surface area contributed by atoms with Gasteiger partial charge in [-0.05, 0) is 17.5 Å². The Morgan fingerprint density at radius 3 is 2.37 bits per heavy atom. The number of primary sulfonamides is 1. The van der Waals surface area contributed by atoms with E-state index in [2.05, 4.69) is 20.8 Å². The van der Waals surface area contributed by atoms with E-state index in [0.29, 0.717) is 11.4 Å². The van der Waals surface area contributed by atoms with E-state index >= 15 is 0 Å². The van der Waals surface area contributed by atoms with Gasteiger partial charge in [-0.25, -0.2) is 13.6 Å². The molecule has 1 amide bonds. The van der Waals surface area contributed by atoms with Gasteiger partial charge in [-0.2, -0.15) is 0 Å². The number of rotatable bonds is 4. The molecule has 1 rings (SSSR count). The molecule has 0 aliphatic heterocycles. The van der Waals surface area contributed by atoms with Crippen LogP contribution in [0.4, 0.5) is 0 Å². The van der Waals surface area contributed by atoms with Gasteiger partial charge in [0.05, 0.1) is 6.42 Å². The summed E-state index contributed by atoms with van der Waals surface area (Å²) < 4.78 is 22.4. The van der Waals surface area contributed by atoms with Crippen LogP contribution in [-0.4, -0.2) is 32.8 Å². The Hall–Kier alpha value is -0.920. The molecule has 19 heavy (non-hydrogen) atoms. The predicted molar refractivity (Wildman–Crippen MR) is 76.5 cm³/mol. The van der Waals surface area contributed by atoms with Gasteiger partial charge in [0.25, 0.3) is 0 Å². The molecule has 0 spiro atoms. The monoisotopic (exact) mass is 304 g/mol. The van der Waals surface area contributed by atoms with E-state index in [-0.39, 0.29) is 22.0 Å². The summed E-state index contributed by atoms with van der Waals surface area (Å²) in [7, 11) is -1.92. The molecule has 0 unspecified atom stereocenters. The molecule has 5 nitrogen and oxygen atoms in total. The lowest BCUT2D eigenvalue weighted by Crippen LogP contribution is -2.35. The standard InChI is InChI=1S/C12H20N2O3S2/c1-12(2,3)8-14(4)10(15)7-9-5-6-11(18-9)19(13,16)17/h5-6H,7-8H2,1-4H3,(H2,13,16,17). The highest BCUT2D eigenvalue weighted by molar-refractivity contribution is 7.91. The number of hydrogen-bond donors (Lipinski definition) is 1. The predicted octanol–water partition coefficient (Wildman–Crippen LogP) is 1.44. The zero-order valence-corrected chi connectivity index (χ0v) is 13.3. The molecule has 2 N–H and O–H groups in total. The van der Waals surface area contributed by atoms with E-state index in [0.717, 1.165) is 11.3 Å². The SMILES string of the molecule is CN(CC(C)(C)C)C(=O)Cc1ccc(S(N)(=O)=O)s1. The van der Waals surface area contributed by atoms with Crippen LogP contribution in [0.2, 0.25) is 0 Å². The van der Waals surface area contributed by atoms with Crippen LogP contribution in [-0.2, 0) is 21.2 Å². The molecular weight excluding hydrogens is 284 g/mol. The summed E-state index contributed by atoms with van der Waals surface area (Å²) in [6.45, 7) is 6.82. The Morgan fingerprint density at radius 2 is 1.95 bits per heavy atom. The normalized spacial score (nSPS) is 12.5. The fourth-order valence-corrected chi connectivity index (χ4v) is 3.46. The number of thiophene rings is 1. The maximum atomic E-state index is 12.0. The van der Waals surface area contributed by atoms with Crippen molar-refractivity contribution in [2.45, 2.75) is 31.4 Å². The van der Waals surface area contributed by atoms with Gasteiger partial charge in [0.1, 0.15) is 4.21 Å². The molecule has 0 radical (unpaired) electrons. The third kappa shape index (κ3) is 5.30. The lowest BCUT2D eigenvalue weighted by molar-refractivity contribution is -0.130. The highest BCUT2D eigenvalue weighted by atomic mass is 32.2. The Labute approximate surface area is 118 Å². The zero-order valence-electron chi connectivity index (χ0n) is 11.6. The molecular formula is C12H20N2O3S2. The van der Waals surface area contributed by atoms with Crippen molar-refractivity contribution in [2.75, 3.05) is 13.6 Å². The van der Waals surface area contributed by atoms with E-state index in [9.17, 15) is 13.2 Å². The summed E-state index contributed by atoms with van der Waals surface area (Å²) in [5.74, 6) is -0.0299. The molecule has 0 saturated heterocycles. The Morgan fingerprint density at radius 1 is 1.37 bits per heavy atom. The van der Waals surface area contributed by atoms with E-state index in [1.807, 2.05) is 0 Å². The van der Waals surface area contributed by atoms with Crippen molar-refractivity contribution in [3.05, 3.63) is 17.0 Å². The second-order valence-corrected chi connectivity index (χ2v) is 8.71. The van der Waals surface area contributed by atoms with Gasteiger partial charge in [0, 0.05) is 18.5 Å². The van der Waals surface area contributed by atoms with Gasteiger partial charge in [0.15, 0.2) is 0 Å². The smallest absolute Gasteiger partial charge is 0.247 e. The Balaban J connectivity index is 2.70. The summed E-state index contributed by atoms with van der Waals surface area (Å²) in [4.78, 5) is 14.4. The summed E-state index contributed by atoms with van der Waals surface area (Å²) in [5.41, 5.74) is 0.0334. The topological polar surface area (TPSA) is 80.5 Å². The van der Waals surface area contributed by atoms with Crippen LogP contribution in [0.25, 0.3) is 0 Å². The first-order chi connectivity index (χ1) is 8.49. The van der Waals surface area contributed by atoms with Crippen LogP contribution in [0.15, 0.2) is 16.3 Å². The maximum absolute atomic E-state index is 12.0. The van der Waals surface area contributed by atoms with Crippen LogP contribution >= 0.6 is 11.3 Å². The number of nitrogens with zero attached hydrogens (tertiary/aromatic N) is 1. The molecule has 0 atom stereocenters. The van der Waals surface area contributed by atoms with Crippen molar-refractivity contribution in [1.82, 2.24) is 4.90 Å². The minimum Gasteiger partial charge on any atom is -0.345 e. The van der Waals surface area contributed by atoms with Crippen molar-refractivity contribution in [1.29, 1.82) is 0 Å². The minimum absolute atomic E-state index is 0.0299. The number of sulfonamides is 1. The number of carbonyl (C=O) groups is 1.